The van der Waals surface area contributed by atoms with Crippen molar-refractivity contribution in [3.05, 3.63) is 32.4 Å². The molecule has 1 aromatic heterocycles. The Morgan fingerprint density at radius 1 is 1.32 bits per heavy atom. The van der Waals surface area contributed by atoms with Crippen LogP contribution in [0.1, 0.15) is 37.5 Å². The molecule has 0 saturated heterocycles. The quantitative estimate of drug-likeness (QED) is 0.767. The fourth-order valence-corrected chi connectivity index (χ4v) is 3.72. The lowest BCUT2D eigenvalue weighted by Crippen LogP contribution is -2.15. The number of aryl methyl sites for hydroxylation is 1. The van der Waals surface area contributed by atoms with E-state index >= 15 is 0 Å². The van der Waals surface area contributed by atoms with Gasteiger partial charge in [-0.1, -0.05) is 29.3 Å². The van der Waals surface area contributed by atoms with Gasteiger partial charge in [-0.2, -0.15) is 0 Å². The number of hydrogen-bond acceptors (Lipinski definition) is 2. The van der Waals surface area contributed by atoms with Crippen LogP contribution in [0.15, 0.2) is 25.5 Å². The van der Waals surface area contributed by atoms with Crippen LogP contribution in [-0.4, -0.2) is 6.04 Å². The molecule has 0 amide bonds. The largest absolute Gasteiger partial charge is 0.458 e. The Balaban J connectivity index is 2.03. The second kappa shape index (κ2) is 5.58. The Morgan fingerprint density at radius 3 is 2.79 bits per heavy atom. The highest BCUT2D eigenvalue weighted by molar-refractivity contribution is 9.11. The molecule has 2 aromatic rings. The lowest BCUT2D eigenvalue weighted by molar-refractivity contribution is 0.505. The maximum absolute atomic E-state index is 6.09. The summed E-state index contributed by atoms with van der Waals surface area (Å²) in [5, 5.41) is 4.78. The number of halogens is 2. The van der Waals surface area contributed by atoms with Crippen molar-refractivity contribution in [3.63, 3.8) is 0 Å². The van der Waals surface area contributed by atoms with E-state index in [-0.39, 0.29) is 0 Å². The summed E-state index contributed by atoms with van der Waals surface area (Å²) >= 11 is 7.16. The second-order valence-electron chi connectivity index (χ2n) is 5.17. The van der Waals surface area contributed by atoms with Crippen LogP contribution in [0.4, 0.5) is 0 Å². The zero-order valence-electron chi connectivity index (χ0n) is 10.9. The molecule has 1 aliphatic rings. The van der Waals surface area contributed by atoms with Crippen molar-refractivity contribution in [2.24, 2.45) is 0 Å². The van der Waals surface area contributed by atoms with Gasteiger partial charge in [0.1, 0.15) is 11.3 Å². The molecule has 1 N–H and O–H groups in total. The van der Waals surface area contributed by atoms with E-state index in [0.29, 0.717) is 6.04 Å². The fraction of sp³-hybridized carbons (Fsp3) is 0.467. The predicted molar refractivity (Wildman–Crippen MR) is 85.5 cm³/mol. The lowest BCUT2D eigenvalue weighted by atomic mass is 10.1. The third kappa shape index (κ3) is 2.91. The normalized spacial score (nSPS) is 15.3. The first-order chi connectivity index (χ1) is 9.19. The monoisotopic (exact) mass is 385 g/mol. The molecule has 0 radical (unpaired) electrons. The molecule has 1 saturated carbocycles. The van der Waals surface area contributed by atoms with Gasteiger partial charge in [-0.3, -0.25) is 0 Å². The van der Waals surface area contributed by atoms with Crippen molar-refractivity contribution in [3.8, 4) is 0 Å². The van der Waals surface area contributed by atoms with Crippen LogP contribution >= 0.6 is 31.9 Å². The average Bonchev–Trinajstić information content (AvgIpc) is 3.13. The molecular weight excluding hydrogens is 370 g/mol. The van der Waals surface area contributed by atoms with E-state index in [4.69, 9.17) is 4.42 Å². The summed E-state index contributed by atoms with van der Waals surface area (Å²) in [7, 11) is 0. The summed E-state index contributed by atoms with van der Waals surface area (Å²) in [5.74, 6) is 1.10. The van der Waals surface area contributed by atoms with Gasteiger partial charge in [0.25, 0.3) is 0 Å². The zero-order valence-corrected chi connectivity index (χ0v) is 14.1. The molecule has 1 aliphatic carbocycles. The van der Waals surface area contributed by atoms with Crippen LogP contribution < -0.4 is 5.32 Å². The number of nitrogens with one attached hydrogen (secondary N) is 1. The van der Waals surface area contributed by atoms with Crippen LogP contribution in [0.3, 0.4) is 0 Å². The first-order valence-corrected chi connectivity index (χ1v) is 8.40. The summed E-state index contributed by atoms with van der Waals surface area (Å²) in [6.07, 6.45) is 4.81. The molecule has 0 unspecified atom stereocenters. The van der Waals surface area contributed by atoms with Gasteiger partial charge in [-0.05, 0) is 47.3 Å². The summed E-state index contributed by atoms with van der Waals surface area (Å²) in [4.78, 5) is 0. The smallest absolute Gasteiger partial charge is 0.148 e. The fourth-order valence-electron chi connectivity index (χ4n) is 2.41. The number of benzene rings is 1. The minimum atomic E-state index is 0.706. The number of furan rings is 1. The van der Waals surface area contributed by atoms with Crippen molar-refractivity contribution in [1.29, 1.82) is 0 Å². The molecule has 19 heavy (non-hydrogen) atoms. The Kier molecular flexibility index (Phi) is 4.01. The van der Waals surface area contributed by atoms with Crippen LogP contribution in [0.5, 0.6) is 0 Å². The minimum absolute atomic E-state index is 0.706. The van der Waals surface area contributed by atoms with E-state index in [2.05, 4.69) is 50.2 Å². The molecule has 102 valence electrons. The van der Waals surface area contributed by atoms with Gasteiger partial charge in [-0.15, -0.1) is 0 Å². The third-order valence-electron chi connectivity index (χ3n) is 3.52. The highest BCUT2D eigenvalue weighted by Gasteiger charge is 2.22. The van der Waals surface area contributed by atoms with Gasteiger partial charge in [-0.25, -0.2) is 0 Å². The SMILES string of the molecule is CCCc1c(CNC2CC2)oc2c(Br)cc(Br)cc12. The van der Waals surface area contributed by atoms with E-state index in [0.717, 1.165) is 39.7 Å². The maximum atomic E-state index is 6.09. The standard InChI is InChI=1S/C15H17Br2NO/c1-2-3-11-12-6-9(16)7-13(17)15(12)19-14(11)8-18-10-4-5-10/h6-7,10,18H,2-5,8H2,1H3. The highest BCUT2D eigenvalue weighted by atomic mass is 79.9. The van der Waals surface area contributed by atoms with Crippen molar-refractivity contribution in [2.75, 3.05) is 0 Å². The van der Waals surface area contributed by atoms with Gasteiger partial charge in [0.15, 0.2) is 0 Å². The van der Waals surface area contributed by atoms with Gasteiger partial charge >= 0.3 is 0 Å². The highest BCUT2D eigenvalue weighted by Crippen LogP contribution is 2.35. The molecule has 0 aliphatic heterocycles. The van der Waals surface area contributed by atoms with Crippen LogP contribution in [0.25, 0.3) is 11.0 Å². The molecule has 0 bridgehead atoms. The summed E-state index contributed by atoms with van der Waals surface area (Å²) in [5.41, 5.74) is 2.33. The Labute approximate surface area is 130 Å². The molecule has 0 spiro atoms. The second-order valence-corrected chi connectivity index (χ2v) is 6.94. The Bertz CT molecular complexity index is 602. The van der Waals surface area contributed by atoms with Crippen molar-refractivity contribution in [1.82, 2.24) is 5.32 Å². The molecule has 4 heteroatoms. The van der Waals surface area contributed by atoms with Crippen molar-refractivity contribution < 1.29 is 4.42 Å². The van der Waals surface area contributed by atoms with Gasteiger partial charge in [0.05, 0.1) is 11.0 Å². The topological polar surface area (TPSA) is 25.2 Å². The minimum Gasteiger partial charge on any atom is -0.458 e. The summed E-state index contributed by atoms with van der Waals surface area (Å²) < 4.78 is 8.20. The molecular formula is C15H17Br2NO. The molecule has 2 nitrogen and oxygen atoms in total. The van der Waals surface area contributed by atoms with Gasteiger partial charge in [0.2, 0.25) is 0 Å². The molecule has 1 heterocycles. The van der Waals surface area contributed by atoms with Crippen LogP contribution in [0.2, 0.25) is 0 Å². The predicted octanol–water partition coefficient (Wildman–Crippen LogP) is 5.16. The molecule has 1 fully saturated rings. The van der Waals surface area contributed by atoms with E-state index < -0.39 is 0 Å². The van der Waals surface area contributed by atoms with Gasteiger partial charge < -0.3 is 9.73 Å². The van der Waals surface area contributed by atoms with E-state index in [1.807, 2.05) is 6.07 Å². The van der Waals surface area contributed by atoms with E-state index in [1.54, 1.807) is 0 Å². The van der Waals surface area contributed by atoms with Crippen LogP contribution in [-0.2, 0) is 13.0 Å². The number of fused-ring (bicyclic) bond motifs is 1. The van der Waals surface area contributed by atoms with Crippen LogP contribution in [0, 0.1) is 0 Å². The van der Waals surface area contributed by atoms with E-state index in [1.165, 1.54) is 23.8 Å². The Morgan fingerprint density at radius 2 is 2.11 bits per heavy atom. The van der Waals surface area contributed by atoms with Gasteiger partial charge in [0, 0.05) is 21.5 Å². The number of hydrogen-bond donors (Lipinski definition) is 1. The zero-order chi connectivity index (χ0) is 13.4. The summed E-state index contributed by atoms with van der Waals surface area (Å²) in [6.45, 7) is 3.06. The molecule has 3 rings (SSSR count). The van der Waals surface area contributed by atoms with Crippen molar-refractivity contribution in [2.45, 2.75) is 45.2 Å². The Hall–Kier alpha value is -0.320. The lowest BCUT2D eigenvalue weighted by Gasteiger charge is -2.03. The first-order valence-electron chi connectivity index (χ1n) is 6.81. The first kappa shape index (κ1) is 13.7. The van der Waals surface area contributed by atoms with E-state index in [9.17, 15) is 0 Å². The molecule has 0 atom stereocenters. The average molecular weight is 387 g/mol. The maximum Gasteiger partial charge on any atom is 0.148 e. The number of rotatable bonds is 5. The van der Waals surface area contributed by atoms with Crippen molar-refractivity contribution >= 4 is 42.8 Å². The molecule has 1 aromatic carbocycles. The summed E-state index contributed by atoms with van der Waals surface area (Å²) in [6, 6.07) is 4.91. The third-order valence-corrected chi connectivity index (χ3v) is 4.57.